The zero-order chi connectivity index (χ0) is 13.8. The van der Waals surface area contributed by atoms with Crippen LogP contribution in [0.1, 0.15) is 12.8 Å². The van der Waals surface area contributed by atoms with Crippen LogP contribution < -0.4 is 15.0 Å². The molecule has 3 rings (SSSR count). The molecule has 0 bridgehead atoms. The Kier molecular flexibility index (Phi) is 4.70. The summed E-state index contributed by atoms with van der Waals surface area (Å²) in [6, 6.07) is 6.57. The lowest BCUT2D eigenvalue weighted by Crippen LogP contribution is -2.43. The Balaban J connectivity index is 1.78. The van der Waals surface area contributed by atoms with Crippen LogP contribution in [0.5, 0.6) is 5.75 Å². The van der Waals surface area contributed by atoms with Gasteiger partial charge in [-0.15, -0.1) is 0 Å². The molecule has 0 atom stereocenters. The number of rotatable bonds is 4. The predicted molar refractivity (Wildman–Crippen MR) is 84.7 cm³/mol. The van der Waals surface area contributed by atoms with Crippen LogP contribution in [0, 0.1) is 0 Å². The zero-order valence-corrected chi connectivity index (χ0v) is 12.9. The number of benzene rings is 1. The van der Waals surface area contributed by atoms with Crippen molar-refractivity contribution >= 4 is 17.6 Å². The molecule has 2 heterocycles. The molecule has 0 unspecified atom stereocenters. The summed E-state index contributed by atoms with van der Waals surface area (Å²) < 4.78 is 8.00. The highest BCUT2D eigenvalue weighted by atomic mass is 32.2. The van der Waals surface area contributed by atoms with Gasteiger partial charge < -0.3 is 15.0 Å². The van der Waals surface area contributed by atoms with Gasteiger partial charge in [0.2, 0.25) is 0 Å². The second-order valence-electron chi connectivity index (χ2n) is 5.30. The van der Waals surface area contributed by atoms with Gasteiger partial charge in [-0.1, -0.05) is 0 Å². The maximum atomic E-state index is 5.54. The average molecular weight is 293 g/mol. The lowest BCUT2D eigenvalue weighted by molar-refractivity contribution is 0.412. The summed E-state index contributed by atoms with van der Waals surface area (Å²) in [7, 11) is 1.76. The number of nitrogens with zero attached hydrogens (tertiary/aromatic N) is 2. The van der Waals surface area contributed by atoms with Crippen LogP contribution in [0.25, 0.3) is 0 Å². The summed E-state index contributed by atoms with van der Waals surface area (Å²) in [5.74, 6) is 0.984. The Labute approximate surface area is 125 Å². The summed E-state index contributed by atoms with van der Waals surface area (Å²) >= 11 is 1.88. The van der Waals surface area contributed by atoms with Crippen LogP contribution >= 0.6 is 11.9 Å². The molecule has 0 amide bonds. The van der Waals surface area contributed by atoms with Crippen LogP contribution in [0.15, 0.2) is 23.1 Å². The second-order valence-corrected chi connectivity index (χ2v) is 6.47. The third kappa shape index (κ3) is 3.22. The van der Waals surface area contributed by atoms with Gasteiger partial charge in [0.15, 0.2) is 0 Å². The maximum Gasteiger partial charge on any atom is 0.142 e. The van der Waals surface area contributed by atoms with Crippen LogP contribution in [0.2, 0.25) is 0 Å². The molecular formula is C15H23N3OS. The van der Waals surface area contributed by atoms with Crippen molar-refractivity contribution in [1.29, 1.82) is 0 Å². The minimum Gasteiger partial charge on any atom is -0.495 e. The molecule has 0 spiro atoms. The first-order valence-electron chi connectivity index (χ1n) is 7.43. The fraction of sp³-hybridized carbons (Fsp3) is 0.600. The van der Waals surface area contributed by atoms with Crippen LogP contribution in [-0.4, -0.2) is 50.7 Å². The Hall–Kier alpha value is -0.910. The molecule has 5 heteroatoms. The Morgan fingerprint density at radius 2 is 1.85 bits per heavy atom. The van der Waals surface area contributed by atoms with Crippen LogP contribution in [0.3, 0.4) is 0 Å². The molecule has 0 aromatic heterocycles. The fourth-order valence-corrected chi connectivity index (χ4v) is 3.84. The molecule has 1 aromatic carbocycles. The number of ether oxygens (including phenoxy) is 1. The molecule has 4 nitrogen and oxygen atoms in total. The molecule has 0 radical (unpaired) electrons. The molecular weight excluding hydrogens is 270 g/mol. The smallest absolute Gasteiger partial charge is 0.142 e. The number of hydrogen-bond acceptors (Lipinski definition) is 5. The molecule has 0 saturated carbocycles. The van der Waals surface area contributed by atoms with E-state index in [2.05, 4.69) is 32.7 Å². The lowest BCUT2D eigenvalue weighted by Gasteiger charge is -2.31. The van der Waals surface area contributed by atoms with E-state index in [1.165, 1.54) is 36.5 Å². The van der Waals surface area contributed by atoms with Gasteiger partial charge in [-0.2, -0.15) is 0 Å². The molecule has 1 N–H and O–H groups in total. The Morgan fingerprint density at radius 1 is 1.10 bits per heavy atom. The Morgan fingerprint density at radius 3 is 2.55 bits per heavy atom. The van der Waals surface area contributed by atoms with E-state index in [-0.39, 0.29) is 0 Å². The lowest BCUT2D eigenvalue weighted by atomic mass is 10.2. The summed E-state index contributed by atoms with van der Waals surface area (Å²) in [6.07, 6.45) is 2.65. The second kappa shape index (κ2) is 6.70. The fourth-order valence-electron chi connectivity index (χ4n) is 2.81. The number of hydrogen-bond donors (Lipinski definition) is 1. The van der Waals surface area contributed by atoms with Crippen molar-refractivity contribution < 1.29 is 4.74 Å². The third-order valence-corrected chi connectivity index (χ3v) is 5.00. The van der Waals surface area contributed by atoms with Crippen molar-refractivity contribution in [2.45, 2.75) is 17.7 Å². The zero-order valence-electron chi connectivity index (χ0n) is 12.1. The van der Waals surface area contributed by atoms with Crippen LogP contribution in [-0.2, 0) is 0 Å². The van der Waals surface area contributed by atoms with E-state index in [1.807, 2.05) is 11.9 Å². The van der Waals surface area contributed by atoms with E-state index in [0.29, 0.717) is 0 Å². The molecule has 1 aromatic rings. The van der Waals surface area contributed by atoms with Gasteiger partial charge in [-0.3, -0.25) is 0 Å². The van der Waals surface area contributed by atoms with Gasteiger partial charge in [0.05, 0.1) is 12.8 Å². The molecule has 2 fully saturated rings. The van der Waals surface area contributed by atoms with E-state index in [4.69, 9.17) is 4.74 Å². The summed E-state index contributed by atoms with van der Waals surface area (Å²) in [5.41, 5.74) is 1.23. The van der Waals surface area contributed by atoms with Gasteiger partial charge >= 0.3 is 0 Å². The number of methoxy groups -OCH3 is 1. The molecule has 2 saturated heterocycles. The first-order chi connectivity index (χ1) is 9.86. The summed E-state index contributed by atoms with van der Waals surface area (Å²) in [5, 5.41) is 3.40. The number of piperazine rings is 1. The largest absolute Gasteiger partial charge is 0.495 e. The Bertz CT molecular complexity index is 443. The SMILES string of the molecule is COc1ccc(SN2CCCC2)cc1N1CCNCC1. The quantitative estimate of drug-likeness (QED) is 0.859. The molecule has 0 aliphatic carbocycles. The minimum atomic E-state index is 0.984. The van der Waals surface area contributed by atoms with Crippen LogP contribution in [0.4, 0.5) is 5.69 Å². The van der Waals surface area contributed by atoms with Crippen molar-refractivity contribution in [3.63, 3.8) is 0 Å². The number of nitrogens with one attached hydrogen (secondary N) is 1. The molecule has 2 aliphatic rings. The van der Waals surface area contributed by atoms with E-state index in [1.54, 1.807) is 7.11 Å². The van der Waals surface area contributed by atoms with Gasteiger partial charge in [-0.05, 0) is 43.0 Å². The normalized spacial score (nSPS) is 20.4. The average Bonchev–Trinajstić information content (AvgIpc) is 3.01. The molecule has 20 heavy (non-hydrogen) atoms. The highest BCUT2D eigenvalue weighted by molar-refractivity contribution is 7.97. The van der Waals surface area contributed by atoms with Crippen molar-refractivity contribution in [2.24, 2.45) is 0 Å². The van der Waals surface area contributed by atoms with E-state index < -0.39 is 0 Å². The molecule has 2 aliphatic heterocycles. The van der Waals surface area contributed by atoms with Gasteiger partial charge in [0.1, 0.15) is 5.75 Å². The van der Waals surface area contributed by atoms with Gasteiger partial charge in [0.25, 0.3) is 0 Å². The van der Waals surface area contributed by atoms with E-state index in [0.717, 1.165) is 31.9 Å². The first kappa shape index (κ1) is 14.0. The van der Waals surface area contributed by atoms with Crippen molar-refractivity contribution in [3.05, 3.63) is 18.2 Å². The van der Waals surface area contributed by atoms with Gasteiger partial charge in [0, 0.05) is 44.2 Å². The maximum absolute atomic E-state index is 5.54. The standard InChI is InChI=1S/C15H23N3OS/c1-19-15-5-4-13(20-18-8-2-3-9-18)12-14(15)17-10-6-16-7-11-17/h4-5,12,16H,2-3,6-11H2,1H3. The highest BCUT2D eigenvalue weighted by Gasteiger charge is 2.17. The summed E-state index contributed by atoms with van der Waals surface area (Å²) in [4.78, 5) is 3.74. The van der Waals surface area contributed by atoms with E-state index >= 15 is 0 Å². The van der Waals surface area contributed by atoms with Gasteiger partial charge in [-0.25, -0.2) is 4.31 Å². The first-order valence-corrected chi connectivity index (χ1v) is 8.21. The number of anilines is 1. The predicted octanol–water partition coefficient (Wildman–Crippen LogP) is 2.21. The van der Waals surface area contributed by atoms with E-state index in [9.17, 15) is 0 Å². The van der Waals surface area contributed by atoms with Crippen molar-refractivity contribution in [2.75, 3.05) is 51.3 Å². The minimum absolute atomic E-state index is 0.984. The highest BCUT2D eigenvalue weighted by Crippen LogP contribution is 2.35. The van der Waals surface area contributed by atoms with Crippen molar-refractivity contribution in [3.8, 4) is 5.75 Å². The monoisotopic (exact) mass is 293 g/mol. The topological polar surface area (TPSA) is 27.7 Å². The van der Waals surface area contributed by atoms with Crippen molar-refractivity contribution in [1.82, 2.24) is 9.62 Å². The molecule has 110 valence electrons. The third-order valence-electron chi connectivity index (χ3n) is 3.91. The summed E-state index contributed by atoms with van der Waals surface area (Å²) in [6.45, 7) is 6.61.